The molecule has 19 heavy (non-hydrogen) atoms. The van der Waals surface area contributed by atoms with Gasteiger partial charge in [-0.25, -0.2) is 4.79 Å². The van der Waals surface area contributed by atoms with Crippen LogP contribution < -0.4 is 5.32 Å². The molecule has 0 bridgehead atoms. The van der Waals surface area contributed by atoms with Crippen LogP contribution in [0.2, 0.25) is 0 Å². The van der Waals surface area contributed by atoms with Gasteiger partial charge in [-0.2, -0.15) is 0 Å². The second kappa shape index (κ2) is 5.93. The number of aliphatic carboxylic acids is 1. The van der Waals surface area contributed by atoms with E-state index < -0.39 is 11.5 Å². The van der Waals surface area contributed by atoms with Crippen LogP contribution in [0.4, 0.5) is 0 Å². The van der Waals surface area contributed by atoms with Gasteiger partial charge in [0.15, 0.2) is 0 Å². The summed E-state index contributed by atoms with van der Waals surface area (Å²) >= 11 is 0. The van der Waals surface area contributed by atoms with Crippen molar-refractivity contribution in [2.24, 2.45) is 11.8 Å². The van der Waals surface area contributed by atoms with Crippen LogP contribution in [-0.2, 0) is 9.59 Å². The van der Waals surface area contributed by atoms with Gasteiger partial charge in [-0.1, -0.05) is 26.2 Å². The maximum atomic E-state index is 12.0. The summed E-state index contributed by atoms with van der Waals surface area (Å²) in [5.41, 5.74) is -0.997. The molecule has 4 nitrogen and oxygen atoms in total. The van der Waals surface area contributed by atoms with Crippen LogP contribution in [0.5, 0.6) is 0 Å². The molecule has 0 atom stereocenters. The third-order valence-corrected chi connectivity index (χ3v) is 4.92. The first-order valence-corrected chi connectivity index (χ1v) is 7.56. The maximum Gasteiger partial charge on any atom is 0.329 e. The number of rotatable bonds is 5. The van der Waals surface area contributed by atoms with E-state index in [1.807, 2.05) is 0 Å². The normalized spacial score (nSPS) is 31.5. The summed E-state index contributed by atoms with van der Waals surface area (Å²) in [5, 5.41) is 12.3. The minimum atomic E-state index is -0.997. The van der Waals surface area contributed by atoms with Crippen molar-refractivity contribution in [1.29, 1.82) is 0 Å². The molecule has 2 fully saturated rings. The second-order valence-corrected chi connectivity index (χ2v) is 6.45. The number of carboxylic acid groups (broad SMARTS) is 1. The molecule has 108 valence electrons. The highest BCUT2D eigenvalue weighted by Crippen LogP contribution is 2.33. The molecule has 4 heteroatoms. The summed E-state index contributed by atoms with van der Waals surface area (Å²) in [6, 6.07) is 0. The molecule has 2 saturated carbocycles. The van der Waals surface area contributed by atoms with E-state index in [1.165, 1.54) is 19.3 Å². The summed E-state index contributed by atoms with van der Waals surface area (Å²) in [6.07, 6.45) is 8.04. The number of nitrogens with one attached hydrogen (secondary N) is 1. The fourth-order valence-corrected chi connectivity index (χ4v) is 3.09. The lowest BCUT2D eigenvalue weighted by atomic mass is 9.77. The Labute approximate surface area is 115 Å². The van der Waals surface area contributed by atoms with Gasteiger partial charge in [0.05, 0.1) is 0 Å². The fraction of sp³-hybridized carbons (Fsp3) is 0.867. The molecule has 0 aromatic carbocycles. The quantitative estimate of drug-likeness (QED) is 0.805. The summed E-state index contributed by atoms with van der Waals surface area (Å²) in [4.78, 5) is 23.5. The molecule has 2 rings (SSSR count). The van der Waals surface area contributed by atoms with Crippen molar-refractivity contribution < 1.29 is 14.7 Å². The molecule has 0 spiro atoms. The average molecular weight is 267 g/mol. The van der Waals surface area contributed by atoms with Crippen molar-refractivity contribution >= 4 is 11.9 Å². The number of amides is 1. The molecule has 0 radical (unpaired) electrons. The zero-order chi connectivity index (χ0) is 13.9. The van der Waals surface area contributed by atoms with E-state index in [0.29, 0.717) is 31.1 Å². The average Bonchev–Trinajstić information content (AvgIpc) is 2.30. The maximum absolute atomic E-state index is 12.0. The van der Waals surface area contributed by atoms with Crippen LogP contribution in [0.3, 0.4) is 0 Å². The number of carboxylic acids is 1. The number of carbonyl (C=O) groups excluding carboxylic acids is 1. The molecule has 0 saturated heterocycles. The Morgan fingerprint density at radius 3 is 2.32 bits per heavy atom. The molecule has 0 unspecified atom stereocenters. The molecule has 2 aliphatic rings. The summed E-state index contributed by atoms with van der Waals surface area (Å²) in [7, 11) is 0. The predicted octanol–water partition coefficient (Wildman–Crippen LogP) is 2.72. The summed E-state index contributed by atoms with van der Waals surface area (Å²) in [6.45, 7) is 2.14. The molecule has 0 aromatic rings. The van der Waals surface area contributed by atoms with Crippen LogP contribution in [0, 0.1) is 11.8 Å². The largest absolute Gasteiger partial charge is 0.480 e. The Bertz CT molecular complexity index is 341. The Kier molecular flexibility index (Phi) is 4.48. The number of hydrogen-bond donors (Lipinski definition) is 2. The topological polar surface area (TPSA) is 66.4 Å². The predicted molar refractivity (Wildman–Crippen MR) is 72.7 cm³/mol. The molecular formula is C15H25NO3. The Morgan fingerprint density at radius 1 is 1.21 bits per heavy atom. The lowest BCUT2D eigenvalue weighted by molar-refractivity contribution is -0.149. The van der Waals surface area contributed by atoms with Gasteiger partial charge in [-0.3, -0.25) is 4.79 Å². The Morgan fingerprint density at radius 2 is 1.84 bits per heavy atom. The smallest absolute Gasteiger partial charge is 0.329 e. The van der Waals surface area contributed by atoms with Gasteiger partial charge in [0.25, 0.3) is 0 Å². The van der Waals surface area contributed by atoms with Gasteiger partial charge < -0.3 is 10.4 Å². The lowest BCUT2D eigenvalue weighted by Gasteiger charge is -2.36. The van der Waals surface area contributed by atoms with Crippen LogP contribution >= 0.6 is 0 Å². The highest BCUT2D eigenvalue weighted by Gasteiger charge is 2.42. The first-order chi connectivity index (χ1) is 9.02. The Hall–Kier alpha value is -1.06. The van der Waals surface area contributed by atoms with Crippen molar-refractivity contribution in [1.82, 2.24) is 5.32 Å². The van der Waals surface area contributed by atoms with Crippen LogP contribution in [-0.4, -0.2) is 22.5 Å². The minimum absolute atomic E-state index is 0.0798. The number of hydrogen-bond acceptors (Lipinski definition) is 2. The standard InChI is InChI=1S/C15H25NO3/c1-11-7-9-15(10-8-11,14(18)19)16-13(17)6-5-12-3-2-4-12/h11-12H,2-10H2,1H3,(H,16,17)(H,18,19). The zero-order valence-corrected chi connectivity index (χ0v) is 11.8. The molecule has 0 aliphatic heterocycles. The van der Waals surface area contributed by atoms with E-state index in [-0.39, 0.29) is 5.91 Å². The highest BCUT2D eigenvalue weighted by molar-refractivity contribution is 5.87. The first-order valence-electron chi connectivity index (χ1n) is 7.56. The van der Waals surface area contributed by atoms with Gasteiger partial charge in [0, 0.05) is 6.42 Å². The minimum Gasteiger partial charge on any atom is -0.480 e. The van der Waals surface area contributed by atoms with E-state index >= 15 is 0 Å². The Balaban J connectivity index is 1.85. The molecule has 0 heterocycles. The lowest BCUT2D eigenvalue weighted by Crippen LogP contribution is -2.56. The highest BCUT2D eigenvalue weighted by atomic mass is 16.4. The van der Waals surface area contributed by atoms with E-state index in [2.05, 4.69) is 12.2 Å². The van der Waals surface area contributed by atoms with Crippen molar-refractivity contribution in [3.05, 3.63) is 0 Å². The zero-order valence-electron chi connectivity index (χ0n) is 11.8. The van der Waals surface area contributed by atoms with Crippen LogP contribution in [0.15, 0.2) is 0 Å². The molecule has 1 amide bonds. The molecule has 2 aliphatic carbocycles. The van der Waals surface area contributed by atoms with Crippen molar-refractivity contribution in [2.75, 3.05) is 0 Å². The molecule has 2 N–H and O–H groups in total. The van der Waals surface area contributed by atoms with Crippen molar-refractivity contribution in [2.45, 2.75) is 70.3 Å². The van der Waals surface area contributed by atoms with Gasteiger partial charge >= 0.3 is 5.97 Å². The van der Waals surface area contributed by atoms with E-state index in [0.717, 1.165) is 19.3 Å². The summed E-state index contributed by atoms with van der Waals surface area (Å²) in [5.74, 6) is 0.317. The van der Waals surface area contributed by atoms with Gasteiger partial charge in [-0.05, 0) is 43.9 Å². The second-order valence-electron chi connectivity index (χ2n) is 6.45. The van der Waals surface area contributed by atoms with Crippen LogP contribution in [0.25, 0.3) is 0 Å². The van der Waals surface area contributed by atoms with E-state index in [9.17, 15) is 14.7 Å². The van der Waals surface area contributed by atoms with Crippen LogP contribution in [0.1, 0.15) is 64.7 Å². The SMILES string of the molecule is CC1CCC(NC(=O)CCC2CCC2)(C(=O)O)CC1. The van der Waals surface area contributed by atoms with E-state index in [1.54, 1.807) is 0 Å². The number of carbonyl (C=O) groups is 2. The fourth-order valence-electron chi connectivity index (χ4n) is 3.09. The van der Waals surface area contributed by atoms with E-state index in [4.69, 9.17) is 0 Å². The summed E-state index contributed by atoms with van der Waals surface area (Å²) < 4.78 is 0. The molecule has 0 aromatic heterocycles. The van der Waals surface area contributed by atoms with Crippen molar-refractivity contribution in [3.63, 3.8) is 0 Å². The third kappa shape index (κ3) is 3.48. The first kappa shape index (κ1) is 14.4. The van der Waals surface area contributed by atoms with Crippen molar-refractivity contribution in [3.8, 4) is 0 Å². The third-order valence-electron chi connectivity index (χ3n) is 4.92. The van der Waals surface area contributed by atoms with Gasteiger partial charge in [0.1, 0.15) is 5.54 Å². The van der Waals surface area contributed by atoms with Gasteiger partial charge in [0.2, 0.25) is 5.91 Å². The monoisotopic (exact) mass is 267 g/mol. The molecular weight excluding hydrogens is 242 g/mol. The van der Waals surface area contributed by atoms with Gasteiger partial charge in [-0.15, -0.1) is 0 Å².